The van der Waals surface area contributed by atoms with Crippen molar-refractivity contribution in [2.24, 2.45) is 5.73 Å². The van der Waals surface area contributed by atoms with Crippen molar-refractivity contribution < 1.29 is 0 Å². The van der Waals surface area contributed by atoms with E-state index in [1.54, 1.807) is 0 Å². The molecule has 2 aromatic heterocycles. The SMILES string of the molecule is CCc1cc(Cn2cc3c(c2)C(N)CCCC3)n(CC)n1. The van der Waals surface area contributed by atoms with Crippen LogP contribution in [0.4, 0.5) is 0 Å². The van der Waals surface area contributed by atoms with E-state index in [1.165, 1.54) is 41.8 Å². The summed E-state index contributed by atoms with van der Waals surface area (Å²) in [6.45, 7) is 6.12. The molecule has 114 valence electrons. The van der Waals surface area contributed by atoms with Crippen molar-refractivity contribution in [2.75, 3.05) is 0 Å². The molecule has 3 rings (SSSR count). The highest BCUT2D eigenvalue weighted by molar-refractivity contribution is 5.29. The van der Waals surface area contributed by atoms with Gasteiger partial charge in [-0.25, -0.2) is 0 Å². The number of nitrogens with two attached hydrogens (primary N) is 1. The summed E-state index contributed by atoms with van der Waals surface area (Å²) in [7, 11) is 0. The molecule has 1 atom stereocenters. The van der Waals surface area contributed by atoms with Crippen molar-refractivity contribution in [3.8, 4) is 0 Å². The molecule has 1 unspecified atom stereocenters. The molecule has 0 aliphatic heterocycles. The topological polar surface area (TPSA) is 48.8 Å². The number of nitrogens with zero attached hydrogens (tertiary/aromatic N) is 3. The molecule has 2 heterocycles. The first-order valence-electron chi connectivity index (χ1n) is 8.21. The van der Waals surface area contributed by atoms with Crippen LogP contribution in [0.5, 0.6) is 0 Å². The van der Waals surface area contributed by atoms with Gasteiger partial charge < -0.3 is 10.3 Å². The van der Waals surface area contributed by atoms with Crippen LogP contribution in [0.25, 0.3) is 0 Å². The first-order valence-corrected chi connectivity index (χ1v) is 8.21. The molecule has 0 fully saturated rings. The van der Waals surface area contributed by atoms with Crippen LogP contribution in [0, 0.1) is 0 Å². The molecule has 1 aliphatic rings. The third-order valence-corrected chi connectivity index (χ3v) is 4.53. The van der Waals surface area contributed by atoms with E-state index < -0.39 is 0 Å². The summed E-state index contributed by atoms with van der Waals surface area (Å²) in [5.74, 6) is 0. The van der Waals surface area contributed by atoms with Crippen LogP contribution in [-0.2, 0) is 25.9 Å². The Labute approximate surface area is 126 Å². The van der Waals surface area contributed by atoms with Crippen LogP contribution >= 0.6 is 0 Å². The number of hydrogen-bond acceptors (Lipinski definition) is 2. The monoisotopic (exact) mass is 286 g/mol. The van der Waals surface area contributed by atoms with Gasteiger partial charge in [0.1, 0.15) is 0 Å². The summed E-state index contributed by atoms with van der Waals surface area (Å²) in [4.78, 5) is 0. The Hall–Kier alpha value is -1.55. The van der Waals surface area contributed by atoms with Crippen LogP contribution < -0.4 is 5.73 Å². The maximum absolute atomic E-state index is 6.30. The predicted molar refractivity (Wildman–Crippen MR) is 85.3 cm³/mol. The van der Waals surface area contributed by atoms with Crippen molar-refractivity contribution in [1.82, 2.24) is 14.3 Å². The normalized spacial score (nSPS) is 18.5. The van der Waals surface area contributed by atoms with Gasteiger partial charge >= 0.3 is 0 Å². The Bertz CT molecular complexity index is 608. The largest absolute Gasteiger partial charge is 0.348 e. The van der Waals surface area contributed by atoms with Crippen molar-refractivity contribution in [3.05, 3.63) is 41.0 Å². The first kappa shape index (κ1) is 14.4. The summed E-state index contributed by atoms with van der Waals surface area (Å²) < 4.78 is 4.41. The van der Waals surface area contributed by atoms with Crippen LogP contribution in [0.2, 0.25) is 0 Å². The lowest BCUT2D eigenvalue weighted by Gasteiger charge is -2.08. The third kappa shape index (κ3) is 2.91. The average molecular weight is 286 g/mol. The smallest absolute Gasteiger partial charge is 0.0639 e. The molecular weight excluding hydrogens is 260 g/mol. The molecule has 1 aliphatic carbocycles. The standard InChI is InChI=1S/C17H26N4/c1-3-14-9-15(21(4-2)19-14)11-20-10-13-7-5-6-8-17(18)16(13)12-20/h9-10,12,17H,3-8,11,18H2,1-2H3. The minimum absolute atomic E-state index is 0.214. The zero-order valence-corrected chi connectivity index (χ0v) is 13.2. The second-order valence-corrected chi connectivity index (χ2v) is 6.06. The van der Waals surface area contributed by atoms with Crippen molar-refractivity contribution in [1.29, 1.82) is 0 Å². The van der Waals surface area contributed by atoms with Gasteiger partial charge in [-0.1, -0.05) is 13.3 Å². The predicted octanol–water partition coefficient (Wildman–Crippen LogP) is 3.04. The Morgan fingerprint density at radius 3 is 2.90 bits per heavy atom. The van der Waals surface area contributed by atoms with E-state index in [-0.39, 0.29) is 6.04 Å². The van der Waals surface area contributed by atoms with E-state index in [4.69, 9.17) is 5.73 Å². The third-order valence-electron chi connectivity index (χ3n) is 4.53. The van der Waals surface area contributed by atoms with Crippen molar-refractivity contribution in [3.63, 3.8) is 0 Å². The quantitative estimate of drug-likeness (QED) is 0.878. The summed E-state index contributed by atoms with van der Waals surface area (Å²) in [6.07, 6.45) is 10.3. The van der Waals surface area contributed by atoms with Gasteiger partial charge in [-0.3, -0.25) is 4.68 Å². The molecule has 0 aromatic carbocycles. The first-order chi connectivity index (χ1) is 10.2. The average Bonchev–Trinajstić information content (AvgIpc) is 3.03. The van der Waals surface area contributed by atoms with E-state index in [0.717, 1.165) is 25.9 Å². The molecule has 4 nitrogen and oxygen atoms in total. The summed E-state index contributed by atoms with van der Waals surface area (Å²) >= 11 is 0. The number of aromatic nitrogens is 3. The van der Waals surface area contributed by atoms with E-state index in [0.29, 0.717) is 0 Å². The second kappa shape index (κ2) is 6.06. The van der Waals surface area contributed by atoms with Gasteiger partial charge in [-0.05, 0) is 49.8 Å². The Morgan fingerprint density at radius 2 is 2.14 bits per heavy atom. The van der Waals surface area contributed by atoms with Gasteiger partial charge in [0.05, 0.1) is 17.9 Å². The van der Waals surface area contributed by atoms with Crippen LogP contribution in [0.15, 0.2) is 18.5 Å². The zero-order chi connectivity index (χ0) is 14.8. The minimum atomic E-state index is 0.214. The Balaban J connectivity index is 1.85. The Morgan fingerprint density at radius 1 is 1.29 bits per heavy atom. The van der Waals surface area contributed by atoms with E-state index >= 15 is 0 Å². The zero-order valence-electron chi connectivity index (χ0n) is 13.2. The van der Waals surface area contributed by atoms with Crippen LogP contribution in [0.3, 0.4) is 0 Å². The lowest BCUT2D eigenvalue weighted by molar-refractivity contribution is 0.588. The van der Waals surface area contributed by atoms with Crippen LogP contribution in [-0.4, -0.2) is 14.3 Å². The fourth-order valence-electron chi connectivity index (χ4n) is 3.32. The van der Waals surface area contributed by atoms with Gasteiger partial charge in [0.2, 0.25) is 0 Å². The van der Waals surface area contributed by atoms with Gasteiger partial charge in [0.15, 0.2) is 0 Å². The molecule has 0 radical (unpaired) electrons. The fraction of sp³-hybridized carbons (Fsp3) is 0.588. The van der Waals surface area contributed by atoms with E-state index in [2.05, 4.69) is 46.7 Å². The molecule has 0 saturated carbocycles. The maximum atomic E-state index is 6.30. The second-order valence-electron chi connectivity index (χ2n) is 6.06. The van der Waals surface area contributed by atoms with Gasteiger partial charge in [0, 0.05) is 25.0 Å². The summed E-state index contributed by atoms with van der Waals surface area (Å²) in [5.41, 5.74) is 11.6. The number of aryl methyl sites for hydroxylation is 3. The lowest BCUT2D eigenvalue weighted by atomic mass is 10.1. The fourth-order valence-corrected chi connectivity index (χ4v) is 3.32. The van der Waals surface area contributed by atoms with Gasteiger partial charge in [0.25, 0.3) is 0 Å². The highest BCUT2D eigenvalue weighted by Crippen LogP contribution is 2.28. The number of hydrogen-bond donors (Lipinski definition) is 1. The molecule has 2 N–H and O–H groups in total. The molecule has 0 amide bonds. The summed E-state index contributed by atoms with van der Waals surface area (Å²) in [6, 6.07) is 2.44. The molecule has 21 heavy (non-hydrogen) atoms. The minimum Gasteiger partial charge on any atom is -0.348 e. The molecule has 0 saturated heterocycles. The number of fused-ring (bicyclic) bond motifs is 1. The van der Waals surface area contributed by atoms with Gasteiger partial charge in [-0.15, -0.1) is 0 Å². The van der Waals surface area contributed by atoms with E-state index in [9.17, 15) is 0 Å². The van der Waals surface area contributed by atoms with Crippen molar-refractivity contribution >= 4 is 0 Å². The lowest BCUT2D eigenvalue weighted by Crippen LogP contribution is -2.09. The molecule has 4 heteroatoms. The highest BCUT2D eigenvalue weighted by Gasteiger charge is 2.18. The molecule has 0 bridgehead atoms. The van der Waals surface area contributed by atoms with Crippen LogP contribution in [0.1, 0.15) is 61.7 Å². The van der Waals surface area contributed by atoms with Crippen molar-refractivity contribution in [2.45, 2.75) is 65.1 Å². The van der Waals surface area contributed by atoms with Gasteiger partial charge in [-0.2, -0.15) is 5.10 Å². The maximum Gasteiger partial charge on any atom is 0.0639 e. The summed E-state index contributed by atoms with van der Waals surface area (Å²) in [5, 5.41) is 4.63. The molecule has 2 aromatic rings. The number of rotatable bonds is 4. The highest BCUT2D eigenvalue weighted by atomic mass is 15.3. The molecular formula is C17H26N4. The van der Waals surface area contributed by atoms with E-state index in [1.807, 2.05) is 0 Å². The Kier molecular flexibility index (Phi) is 4.15. The molecule has 0 spiro atoms.